The van der Waals surface area contributed by atoms with Gasteiger partial charge in [0.05, 0.1) is 18.2 Å². The maximum atomic E-state index is 11.7. The molecule has 7 nitrogen and oxygen atoms in total. The Bertz CT molecular complexity index is 888. The summed E-state index contributed by atoms with van der Waals surface area (Å²) in [6, 6.07) is 5.26. The van der Waals surface area contributed by atoms with Gasteiger partial charge in [-0.3, -0.25) is 0 Å². The van der Waals surface area contributed by atoms with E-state index in [1.54, 1.807) is 18.2 Å². The molecule has 0 fully saturated rings. The molecule has 0 bridgehead atoms. The van der Waals surface area contributed by atoms with Gasteiger partial charge in [-0.05, 0) is 32.0 Å². The number of fused-ring (bicyclic) bond motifs is 1. The van der Waals surface area contributed by atoms with Gasteiger partial charge in [-0.25, -0.2) is 19.7 Å². The molecule has 1 aromatic carbocycles. The summed E-state index contributed by atoms with van der Waals surface area (Å²) in [6.45, 7) is 4.46. The first-order valence-corrected chi connectivity index (χ1v) is 7.68. The average molecular weight is 325 g/mol. The number of nitrogens with zero attached hydrogens (tertiary/aromatic N) is 3. The second kappa shape index (κ2) is 6.66. The fourth-order valence-electron chi connectivity index (χ4n) is 2.54. The number of rotatable bonds is 5. The van der Waals surface area contributed by atoms with Gasteiger partial charge >= 0.3 is 5.97 Å². The zero-order chi connectivity index (χ0) is 17.1. The number of aromatic nitrogens is 4. The van der Waals surface area contributed by atoms with E-state index < -0.39 is 0 Å². The third-order valence-corrected chi connectivity index (χ3v) is 3.67. The fourth-order valence-corrected chi connectivity index (χ4v) is 2.54. The Morgan fingerprint density at radius 1 is 1.29 bits per heavy atom. The van der Waals surface area contributed by atoms with E-state index in [4.69, 9.17) is 4.74 Å². The molecule has 3 rings (SSSR count). The number of hydrogen-bond donors (Lipinski definition) is 2. The number of hydrogen-bond acceptors (Lipinski definition) is 6. The van der Waals surface area contributed by atoms with Crippen molar-refractivity contribution in [2.45, 2.75) is 20.3 Å². The summed E-state index contributed by atoms with van der Waals surface area (Å²) < 4.78 is 4.78. The maximum absolute atomic E-state index is 11.7. The van der Waals surface area contributed by atoms with E-state index in [1.165, 1.54) is 7.11 Å². The highest BCUT2D eigenvalue weighted by molar-refractivity contribution is 5.97. The number of methoxy groups -OCH3 is 1. The molecule has 0 saturated carbocycles. The summed E-state index contributed by atoms with van der Waals surface area (Å²) in [5.74, 6) is 1.90. The van der Waals surface area contributed by atoms with E-state index in [9.17, 15) is 4.79 Å². The van der Waals surface area contributed by atoms with Gasteiger partial charge in [0.25, 0.3) is 0 Å². The van der Waals surface area contributed by atoms with Crippen molar-refractivity contribution in [1.29, 1.82) is 0 Å². The lowest BCUT2D eigenvalue weighted by molar-refractivity contribution is 0.0601. The summed E-state index contributed by atoms with van der Waals surface area (Å²) in [4.78, 5) is 28.0. The van der Waals surface area contributed by atoms with Crippen molar-refractivity contribution < 1.29 is 9.53 Å². The van der Waals surface area contributed by atoms with E-state index in [0.29, 0.717) is 23.8 Å². The van der Waals surface area contributed by atoms with Crippen molar-refractivity contribution in [3.8, 4) is 0 Å². The third kappa shape index (κ3) is 3.34. The van der Waals surface area contributed by atoms with Gasteiger partial charge in [0.2, 0.25) is 0 Å². The summed E-state index contributed by atoms with van der Waals surface area (Å²) in [6.07, 6.45) is 2.62. The quantitative estimate of drug-likeness (QED) is 0.700. The molecule has 0 amide bonds. The Morgan fingerprint density at radius 2 is 2.12 bits per heavy atom. The highest BCUT2D eigenvalue weighted by Crippen LogP contribution is 2.22. The second-order valence-electron chi connectivity index (χ2n) is 5.51. The largest absolute Gasteiger partial charge is 0.465 e. The lowest BCUT2D eigenvalue weighted by atomic mass is 10.1. The van der Waals surface area contributed by atoms with Crippen molar-refractivity contribution in [1.82, 2.24) is 19.9 Å². The lowest BCUT2D eigenvalue weighted by Gasteiger charge is -2.10. The van der Waals surface area contributed by atoms with Crippen molar-refractivity contribution in [3.63, 3.8) is 0 Å². The first-order valence-electron chi connectivity index (χ1n) is 7.68. The second-order valence-corrected chi connectivity index (χ2v) is 5.51. The van der Waals surface area contributed by atoms with Crippen LogP contribution in [0.1, 0.15) is 27.7 Å². The Labute approximate surface area is 139 Å². The highest BCUT2D eigenvalue weighted by atomic mass is 16.5. The maximum Gasteiger partial charge on any atom is 0.337 e. The molecule has 0 aliphatic rings. The number of imidazole rings is 1. The monoisotopic (exact) mass is 325 g/mol. The Hall–Kier alpha value is -2.96. The number of aromatic amines is 1. The van der Waals surface area contributed by atoms with Crippen molar-refractivity contribution in [2.24, 2.45) is 0 Å². The van der Waals surface area contributed by atoms with Gasteiger partial charge in [0.1, 0.15) is 17.5 Å². The van der Waals surface area contributed by atoms with E-state index >= 15 is 0 Å². The van der Waals surface area contributed by atoms with Crippen LogP contribution >= 0.6 is 0 Å². The number of nitrogens with one attached hydrogen (secondary N) is 2. The van der Waals surface area contributed by atoms with Gasteiger partial charge in [-0.15, -0.1) is 0 Å². The molecule has 0 saturated heterocycles. The van der Waals surface area contributed by atoms with E-state index in [1.807, 2.05) is 20.0 Å². The number of anilines is 1. The van der Waals surface area contributed by atoms with Crippen molar-refractivity contribution in [3.05, 3.63) is 47.3 Å². The lowest BCUT2D eigenvalue weighted by Crippen LogP contribution is -2.09. The molecule has 2 heterocycles. The van der Waals surface area contributed by atoms with Gasteiger partial charge in [0.15, 0.2) is 0 Å². The number of benzene rings is 1. The molecule has 0 radical (unpaired) electrons. The Kier molecular flexibility index (Phi) is 4.41. The number of H-pyrrole nitrogens is 1. The zero-order valence-electron chi connectivity index (χ0n) is 13.9. The first-order chi connectivity index (χ1) is 11.6. The summed E-state index contributed by atoms with van der Waals surface area (Å²) in [7, 11) is 1.36. The fraction of sp³-hybridized carbons (Fsp3) is 0.294. The number of aryl methyl sites for hydroxylation is 2. The molecule has 24 heavy (non-hydrogen) atoms. The summed E-state index contributed by atoms with van der Waals surface area (Å²) >= 11 is 0. The molecule has 0 aliphatic carbocycles. The first kappa shape index (κ1) is 15.9. The van der Waals surface area contributed by atoms with Crippen LogP contribution in [-0.4, -0.2) is 39.6 Å². The minimum atomic E-state index is -0.378. The van der Waals surface area contributed by atoms with Crippen LogP contribution in [0.15, 0.2) is 24.4 Å². The van der Waals surface area contributed by atoms with Gasteiger partial charge in [-0.2, -0.15) is 0 Å². The van der Waals surface area contributed by atoms with Gasteiger partial charge in [0, 0.05) is 30.2 Å². The molecule has 2 aromatic heterocycles. The zero-order valence-corrected chi connectivity index (χ0v) is 13.9. The molecule has 3 aromatic rings. The molecular weight excluding hydrogens is 306 g/mol. The average Bonchev–Trinajstić information content (AvgIpc) is 2.99. The van der Waals surface area contributed by atoms with Crippen LogP contribution in [0.3, 0.4) is 0 Å². The van der Waals surface area contributed by atoms with Crippen molar-refractivity contribution >= 4 is 22.7 Å². The SMILES string of the molecule is COC(=O)c1ccc2nc(C)nc(NCCc3cnc(C)[nH]3)c2c1. The summed E-state index contributed by atoms with van der Waals surface area (Å²) in [5, 5.41) is 4.12. The minimum Gasteiger partial charge on any atom is -0.465 e. The predicted octanol–water partition coefficient (Wildman–Crippen LogP) is 2.41. The molecular formula is C17H19N5O2. The van der Waals surface area contributed by atoms with Crippen LogP contribution in [0, 0.1) is 13.8 Å². The van der Waals surface area contributed by atoms with Crippen LogP contribution in [0.2, 0.25) is 0 Å². The highest BCUT2D eigenvalue weighted by Gasteiger charge is 2.11. The Balaban J connectivity index is 1.85. The van der Waals surface area contributed by atoms with Gasteiger partial charge < -0.3 is 15.0 Å². The third-order valence-electron chi connectivity index (χ3n) is 3.67. The van der Waals surface area contributed by atoms with Crippen LogP contribution in [0.25, 0.3) is 10.9 Å². The predicted molar refractivity (Wildman–Crippen MR) is 91.1 cm³/mol. The van der Waals surface area contributed by atoms with Gasteiger partial charge in [-0.1, -0.05) is 0 Å². The number of esters is 1. The Morgan fingerprint density at radius 3 is 2.83 bits per heavy atom. The van der Waals surface area contributed by atoms with Crippen LogP contribution in [0.5, 0.6) is 0 Å². The van der Waals surface area contributed by atoms with Crippen LogP contribution < -0.4 is 5.32 Å². The molecule has 2 N–H and O–H groups in total. The molecule has 0 spiro atoms. The normalized spacial score (nSPS) is 10.8. The molecule has 0 aliphatic heterocycles. The standard InChI is InChI=1S/C17H19N5O2/c1-10-19-9-13(20-10)6-7-18-16-14-8-12(17(23)24-3)4-5-15(14)21-11(2)22-16/h4-5,8-9H,6-7H2,1-3H3,(H,19,20)(H,18,21,22). The van der Waals surface area contributed by atoms with Crippen LogP contribution in [0.4, 0.5) is 5.82 Å². The minimum absolute atomic E-state index is 0.378. The molecule has 0 unspecified atom stereocenters. The van der Waals surface area contributed by atoms with Crippen molar-refractivity contribution in [2.75, 3.05) is 19.0 Å². The molecule has 124 valence electrons. The number of ether oxygens (including phenoxy) is 1. The van der Waals surface area contributed by atoms with Crippen LogP contribution in [-0.2, 0) is 11.2 Å². The molecule has 7 heteroatoms. The van der Waals surface area contributed by atoms with E-state index in [0.717, 1.165) is 28.8 Å². The number of carbonyl (C=O) groups is 1. The van der Waals surface area contributed by atoms with E-state index in [2.05, 4.69) is 25.3 Å². The van der Waals surface area contributed by atoms with E-state index in [-0.39, 0.29) is 5.97 Å². The molecule has 0 atom stereocenters. The summed E-state index contributed by atoms with van der Waals surface area (Å²) in [5.41, 5.74) is 2.32. The topological polar surface area (TPSA) is 92.8 Å². The number of carbonyl (C=O) groups excluding carboxylic acids is 1. The smallest absolute Gasteiger partial charge is 0.337 e.